The lowest BCUT2D eigenvalue weighted by atomic mass is 9.91. The molecule has 0 radical (unpaired) electrons. The molecule has 1 aromatic carbocycles. The standard InChI is InChI=1S/C14H24N2/c1-4-7-11(2)10-14(16-15)13-9-6-5-8-12(13)3/h5-6,8-9,11,14,16H,4,7,10,15H2,1-3H3. The predicted molar refractivity (Wildman–Crippen MR) is 69.9 cm³/mol. The zero-order valence-corrected chi connectivity index (χ0v) is 10.7. The maximum atomic E-state index is 5.67. The Kier molecular flexibility index (Phi) is 5.50. The van der Waals surface area contributed by atoms with Crippen molar-refractivity contribution < 1.29 is 0 Å². The van der Waals surface area contributed by atoms with E-state index in [4.69, 9.17) is 5.84 Å². The van der Waals surface area contributed by atoms with E-state index in [1.54, 1.807) is 0 Å². The molecule has 2 atom stereocenters. The highest BCUT2D eigenvalue weighted by Gasteiger charge is 2.14. The normalized spacial score (nSPS) is 14.8. The number of hydrazine groups is 1. The third-order valence-electron chi connectivity index (χ3n) is 3.18. The molecule has 0 heterocycles. The van der Waals surface area contributed by atoms with Crippen LogP contribution >= 0.6 is 0 Å². The van der Waals surface area contributed by atoms with Crippen LogP contribution in [0.2, 0.25) is 0 Å². The first kappa shape index (κ1) is 13.2. The van der Waals surface area contributed by atoms with E-state index in [1.165, 1.54) is 24.0 Å². The van der Waals surface area contributed by atoms with E-state index in [-0.39, 0.29) is 6.04 Å². The number of aryl methyl sites for hydroxylation is 1. The smallest absolute Gasteiger partial charge is 0.0465 e. The van der Waals surface area contributed by atoms with E-state index in [9.17, 15) is 0 Å². The monoisotopic (exact) mass is 220 g/mol. The number of hydrogen-bond acceptors (Lipinski definition) is 2. The van der Waals surface area contributed by atoms with Gasteiger partial charge in [-0.2, -0.15) is 0 Å². The number of rotatable bonds is 6. The van der Waals surface area contributed by atoms with E-state index in [0.717, 1.165) is 6.42 Å². The Bertz CT molecular complexity index is 309. The molecule has 2 nitrogen and oxygen atoms in total. The highest BCUT2D eigenvalue weighted by Crippen LogP contribution is 2.25. The Labute approximate surface area is 99.2 Å². The molecule has 0 saturated carbocycles. The Morgan fingerprint density at radius 2 is 2.00 bits per heavy atom. The molecule has 0 aliphatic heterocycles. The van der Waals surface area contributed by atoms with Crippen molar-refractivity contribution >= 4 is 0 Å². The third kappa shape index (κ3) is 3.62. The van der Waals surface area contributed by atoms with Gasteiger partial charge >= 0.3 is 0 Å². The largest absolute Gasteiger partial charge is 0.271 e. The number of benzene rings is 1. The van der Waals surface area contributed by atoms with Crippen molar-refractivity contribution in [1.82, 2.24) is 5.43 Å². The molecule has 2 heteroatoms. The molecule has 2 unspecified atom stereocenters. The van der Waals surface area contributed by atoms with Crippen molar-refractivity contribution in [3.63, 3.8) is 0 Å². The molecular formula is C14H24N2. The quantitative estimate of drug-likeness (QED) is 0.570. The van der Waals surface area contributed by atoms with Crippen molar-refractivity contribution in [2.24, 2.45) is 11.8 Å². The average Bonchev–Trinajstić information content (AvgIpc) is 2.27. The van der Waals surface area contributed by atoms with Gasteiger partial charge in [-0.1, -0.05) is 51.0 Å². The lowest BCUT2D eigenvalue weighted by molar-refractivity contribution is 0.394. The van der Waals surface area contributed by atoms with Crippen LogP contribution in [0.5, 0.6) is 0 Å². The van der Waals surface area contributed by atoms with Crippen LogP contribution in [0.3, 0.4) is 0 Å². The molecule has 1 rings (SSSR count). The van der Waals surface area contributed by atoms with Crippen LogP contribution in [0.4, 0.5) is 0 Å². The molecule has 0 aromatic heterocycles. The van der Waals surface area contributed by atoms with Gasteiger partial charge in [0.15, 0.2) is 0 Å². The van der Waals surface area contributed by atoms with Gasteiger partial charge in [0.05, 0.1) is 0 Å². The second-order valence-corrected chi connectivity index (χ2v) is 4.71. The number of nitrogens with two attached hydrogens (primary N) is 1. The van der Waals surface area contributed by atoms with Crippen molar-refractivity contribution in [3.05, 3.63) is 35.4 Å². The van der Waals surface area contributed by atoms with Gasteiger partial charge in [0.2, 0.25) is 0 Å². The molecular weight excluding hydrogens is 196 g/mol. The molecule has 3 N–H and O–H groups in total. The topological polar surface area (TPSA) is 38.0 Å². The lowest BCUT2D eigenvalue weighted by Crippen LogP contribution is -2.29. The van der Waals surface area contributed by atoms with Gasteiger partial charge in [0, 0.05) is 6.04 Å². The van der Waals surface area contributed by atoms with Crippen molar-refractivity contribution in [2.45, 2.75) is 46.1 Å². The molecule has 0 spiro atoms. The van der Waals surface area contributed by atoms with E-state index in [0.29, 0.717) is 5.92 Å². The summed E-state index contributed by atoms with van der Waals surface area (Å²) in [5, 5.41) is 0. The fourth-order valence-electron chi connectivity index (χ4n) is 2.28. The van der Waals surface area contributed by atoms with Crippen LogP contribution in [0.25, 0.3) is 0 Å². The Balaban J connectivity index is 2.71. The maximum absolute atomic E-state index is 5.67. The summed E-state index contributed by atoms with van der Waals surface area (Å²) >= 11 is 0. The average molecular weight is 220 g/mol. The molecule has 0 aliphatic rings. The summed E-state index contributed by atoms with van der Waals surface area (Å²) in [5.74, 6) is 6.38. The molecule has 0 bridgehead atoms. The first-order valence-corrected chi connectivity index (χ1v) is 6.20. The van der Waals surface area contributed by atoms with Gasteiger partial charge in [-0.05, 0) is 30.4 Å². The van der Waals surface area contributed by atoms with Crippen LogP contribution < -0.4 is 11.3 Å². The molecule has 90 valence electrons. The van der Waals surface area contributed by atoms with Gasteiger partial charge in [-0.25, -0.2) is 0 Å². The summed E-state index contributed by atoms with van der Waals surface area (Å²) in [4.78, 5) is 0. The fourth-order valence-corrected chi connectivity index (χ4v) is 2.28. The molecule has 0 amide bonds. The van der Waals surface area contributed by atoms with E-state index in [2.05, 4.69) is 50.5 Å². The van der Waals surface area contributed by atoms with Crippen LogP contribution in [0.1, 0.15) is 50.3 Å². The van der Waals surface area contributed by atoms with Crippen molar-refractivity contribution in [3.8, 4) is 0 Å². The highest BCUT2D eigenvalue weighted by molar-refractivity contribution is 5.28. The minimum Gasteiger partial charge on any atom is -0.271 e. The van der Waals surface area contributed by atoms with Crippen LogP contribution in [-0.4, -0.2) is 0 Å². The lowest BCUT2D eigenvalue weighted by Gasteiger charge is -2.22. The summed E-state index contributed by atoms with van der Waals surface area (Å²) < 4.78 is 0. The summed E-state index contributed by atoms with van der Waals surface area (Å²) in [6, 6.07) is 8.74. The van der Waals surface area contributed by atoms with E-state index in [1.807, 2.05) is 0 Å². The zero-order valence-electron chi connectivity index (χ0n) is 10.7. The minimum absolute atomic E-state index is 0.280. The molecule has 0 saturated heterocycles. The van der Waals surface area contributed by atoms with Gasteiger partial charge in [-0.3, -0.25) is 11.3 Å². The van der Waals surface area contributed by atoms with Gasteiger partial charge < -0.3 is 0 Å². The van der Waals surface area contributed by atoms with E-state index >= 15 is 0 Å². The third-order valence-corrected chi connectivity index (χ3v) is 3.18. The molecule has 1 aromatic rings. The Hall–Kier alpha value is -0.860. The maximum Gasteiger partial charge on any atom is 0.0465 e. The van der Waals surface area contributed by atoms with Gasteiger partial charge in [0.1, 0.15) is 0 Å². The van der Waals surface area contributed by atoms with Crippen molar-refractivity contribution in [1.29, 1.82) is 0 Å². The Morgan fingerprint density at radius 3 is 2.56 bits per heavy atom. The molecule has 0 aliphatic carbocycles. The SMILES string of the molecule is CCCC(C)CC(NN)c1ccccc1C. The summed E-state index contributed by atoms with van der Waals surface area (Å²) in [5.41, 5.74) is 5.59. The minimum atomic E-state index is 0.280. The number of nitrogens with one attached hydrogen (secondary N) is 1. The van der Waals surface area contributed by atoms with Gasteiger partial charge in [0.25, 0.3) is 0 Å². The first-order chi connectivity index (χ1) is 7.69. The second kappa shape index (κ2) is 6.66. The fraction of sp³-hybridized carbons (Fsp3) is 0.571. The summed E-state index contributed by atoms with van der Waals surface area (Å²) in [7, 11) is 0. The Morgan fingerprint density at radius 1 is 1.31 bits per heavy atom. The summed E-state index contributed by atoms with van der Waals surface area (Å²) in [6.07, 6.45) is 3.62. The molecule has 16 heavy (non-hydrogen) atoms. The summed E-state index contributed by atoms with van der Waals surface area (Å²) in [6.45, 7) is 6.67. The van der Waals surface area contributed by atoms with Crippen LogP contribution in [0, 0.1) is 12.8 Å². The van der Waals surface area contributed by atoms with Crippen LogP contribution in [0.15, 0.2) is 24.3 Å². The molecule has 0 fully saturated rings. The van der Waals surface area contributed by atoms with Crippen LogP contribution in [-0.2, 0) is 0 Å². The number of hydrogen-bond donors (Lipinski definition) is 2. The predicted octanol–water partition coefficient (Wildman–Crippen LogP) is 3.33. The zero-order chi connectivity index (χ0) is 12.0. The van der Waals surface area contributed by atoms with Crippen molar-refractivity contribution in [2.75, 3.05) is 0 Å². The van der Waals surface area contributed by atoms with Gasteiger partial charge in [-0.15, -0.1) is 0 Å². The second-order valence-electron chi connectivity index (χ2n) is 4.71. The van der Waals surface area contributed by atoms with E-state index < -0.39 is 0 Å². The first-order valence-electron chi connectivity index (χ1n) is 6.20. The highest BCUT2D eigenvalue weighted by atomic mass is 15.2.